The second kappa shape index (κ2) is 5.31. The van der Waals surface area contributed by atoms with Crippen molar-refractivity contribution in [2.45, 2.75) is 6.54 Å². The summed E-state index contributed by atoms with van der Waals surface area (Å²) in [4.78, 5) is 8.69. The van der Waals surface area contributed by atoms with Crippen molar-refractivity contribution in [2.75, 3.05) is 0 Å². The van der Waals surface area contributed by atoms with E-state index in [0.29, 0.717) is 11.5 Å². The summed E-state index contributed by atoms with van der Waals surface area (Å²) in [6.07, 6.45) is 3.62. The van der Waals surface area contributed by atoms with Crippen LogP contribution in [0.5, 0.6) is 0 Å². The Morgan fingerprint density at radius 1 is 1.00 bits per heavy atom. The molecule has 3 aromatic heterocycles. The number of hydrogen-bond acceptors (Lipinski definition) is 3. The number of aromatic nitrogens is 3. The summed E-state index contributed by atoms with van der Waals surface area (Å²) >= 11 is 6.10. The van der Waals surface area contributed by atoms with Gasteiger partial charge >= 0.3 is 0 Å². The summed E-state index contributed by atoms with van der Waals surface area (Å²) in [7, 11) is 0. The SMILES string of the molecule is Clc1nc(-c2ccco2)c2ccn(Cc3ccccc3)c2n1. The molecule has 5 heteroatoms. The Morgan fingerprint density at radius 3 is 2.64 bits per heavy atom. The fourth-order valence-corrected chi connectivity index (χ4v) is 2.71. The van der Waals surface area contributed by atoms with Crippen molar-refractivity contribution in [1.82, 2.24) is 14.5 Å². The van der Waals surface area contributed by atoms with E-state index >= 15 is 0 Å². The zero-order valence-corrected chi connectivity index (χ0v) is 12.4. The molecule has 1 aromatic carbocycles. The van der Waals surface area contributed by atoms with E-state index in [1.807, 2.05) is 42.6 Å². The molecule has 108 valence electrons. The van der Waals surface area contributed by atoms with Gasteiger partial charge < -0.3 is 8.98 Å². The first-order valence-electron chi connectivity index (χ1n) is 6.91. The molecule has 0 N–H and O–H groups in total. The number of furan rings is 1. The first-order chi connectivity index (χ1) is 10.8. The molecule has 0 atom stereocenters. The Morgan fingerprint density at radius 2 is 1.86 bits per heavy atom. The van der Waals surface area contributed by atoms with Gasteiger partial charge in [-0.15, -0.1) is 0 Å². The third-order valence-electron chi connectivity index (χ3n) is 3.54. The van der Waals surface area contributed by atoms with Crippen LogP contribution >= 0.6 is 11.6 Å². The number of benzene rings is 1. The lowest BCUT2D eigenvalue weighted by Crippen LogP contribution is -2.00. The predicted octanol–water partition coefficient (Wildman–Crippen LogP) is 4.39. The van der Waals surface area contributed by atoms with Crippen molar-refractivity contribution in [3.05, 3.63) is 71.8 Å². The van der Waals surface area contributed by atoms with Gasteiger partial charge in [-0.05, 0) is 35.4 Å². The molecule has 22 heavy (non-hydrogen) atoms. The lowest BCUT2D eigenvalue weighted by Gasteiger charge is -2.06. The number of halogens is 1. The average molecular weight is 310 g/mol. The molecule has 0 radical (unpaired) electrons. The average Bonchev–Trinajstić information content (AvgIpc) is 3.18. The molecule has 0 bridgehead atoms. The molecule has 0 saturated carbocycles. The zero-order valence-electron chi connectivity index (χ0n) is 11.6. The van der Waals surface area contributed by atoms with Crippen molar-refractivity contribution in [3.8, 4) is 11.5 Å². The minimum absolute atomic E-state index is 0.215. The highest BCUT2D eigenvalue weighted by atomic mass is 35.5. The van der Waals surface area contributed by atoms with Crippen molar-refractivity contribution in [2.24, 2.45) is 0 Å². The zero-order chi connectivity index (χ0) is 14.9. The van der Waals surface area contributed by atoms with E-state index in [1.54, 1.807) is 6.26 Å². The number of hydrogen-bond donors (Lipinski definition) is 0. The van der Waals surface area contributed by atoms with Crippen molar-refractivity contribution in [1.29, 1.82) is 0 Å². The lowest BCUT2D eigenvalue weighted by atomic mass is 10.2. The number of rotatable bonds is 3. The van der Waals surface area contributed by atoms with Crippen LogP contribution in [0.25, 0.3) is 22.5 Å². The van der Waals surface area contributed by atoms with Crippen LogP contribution in [0.15, 0.2) is 65.4 Å². The minimum Gasteiger partial charge on any atom is -0.463 e. The maximum absolute atomic E-state index is 6.10. The first kappa shape index (κ1) is 13.1. The molecular weight excluding hydrogens is 298 g/mol. The predicted molar refractivity (Wildman–Crippen MR) is 85.8 cm³/mol. The van der Waals surface area contributed by atoms with Gasteiger partial charge in [-0.25, -0.2) is 4.98 Å². The van der Waals surface area contributed by atoms with Crippen molar-refractivity contribution in [3.63, 3.8) is 0 Å². The Hall–Kier alpha value is -2.59. The molecule has 0 saturated heterocycles. The van der Waals surface area contributed by atoms with Crippen molar-refractivity contribution < 1.29 is 4.42 Å². The van der Waals surface area contributed by atoms with Crippen LogP contribution in [-0.4, -0.2) is 14.5 Å². The maximum Gasteiger partial charge on any atom is 0.225 e. The van der Waals surface area contributed by atoms with Gasteiger partial charge in [-0.2, -0.15) is 4.98 Å². The van der Waals surface area contributed by atoms with Gasteiger partial charge in [-0.1, -0.05) is 30.3 Å². The quantitative estimate of drug-likeness (QED) is 0.527. The van der Waals surface area contributed by atoms with Crippen LogP contribution in [0.2, 0.25) is 5.28 Å². The molecule has 0 fully saturated rings. The van der Waals surface area contributed by atoms with Gasteiger partial charge in [0.25, 0.3) is 0 Å². The van der Waals surface area contributed by atoms with Crippen LogP contribution in [0.1, 0.15) is 5.56 Å². The van der Waals surface area contributed by atoms with Crippen LogP contribution in [0.4, 0.5) is 0 Å². The van der Waals surface area contributed by atoms with E-state index in [2.05, 4.69) is 26.7 Å². The Kier molecular flexibility index (Phi) is 3.16. The molecule has 4 aromatic rings. The van der Waals surface area contributed by atoms with Crippen LogP contribution in [-0.2, 0) is 6.54 Å². The highest BCUT2D eigenvalue weighted by Gasteiger charge is 2.14. The van der Waals surface area contributed by atoms with Crippen LogP contribution in [0, 0.1) is 0 Å². The molecule has 3 heterocycles. The fourth-order valence-electron chi connectivity index (χ4n) is 2.55. The van der Waals surface area contributed by atoms with E-state index in [0.717, 1.165) is 17.6 Å². The molecule has 0 spiro atoms. The smallest absolute Gasteiger partial charge is 0.225 e. The molecule has 0 amide bonds. The van der Waals surface area contributed by atoms with E-state index in [9.17, 15) is 0 Å². The lowest BCUT2D eigenvalue weighted by molar-refractivity contribution is 0.580. The normalized spacial score (nSPS) is 11.1. The van der Waals surface area contributed by atoms with Gasteiger partial charge in [0.1, 0.15) is 11.3 Å². The topological polar surface area (TPSA) is 43.9 Å². The van der Waals surface area contributed by atoms with Gasteiger partial charge in [0.15, 0.2) is 5.76 Å². The third-order valence-corrected chi connectivity index (χ3v) is 3.71. The molecule has 0 unspecified atom stereocenters. The molecule has 0 aliphatic rings. The van der Waals surface area contributed by atoms with Gasteiger partial charge in [0, 0.05) is 18.1 Å². The number of fused-ring (bicyclic) bond motifs is 1. The summed E-state index contributed by atoms with van der Waals surface area (Å²) in [5, 5.41) is 1.14. The summed E-state index contributed by atoms with van der Waals surface area (Å²) < 4.78 is 7.51. The Balaban J connectivity index is 1.85. The number of nitrogens with zero attached hydrogens (tertiary/aromatic N) is 3. The maximum atomic E-state index is 6.10. The minimum atomic E-state index is 0.215. The summed E-state index contributed by atoms with van der Waals surface area (Å²) in [6, 6.07) is 15.9. The van der Waals surface area contributed by atoms with E-state index in [1.165, 1.54) is 5.56 Å². The first-order valence-corrected chi connectivity index (χ1v) is 7.29. The molecule has 0 aliphatic heterocycles. The highest BCUT2D eigenvalue weighted by Crippen LogP contribution is 2.28. The van der Waals surface area contributed by atoms with Crippen LogP contribution in [0.3, 0.4) is 0 Å². The summed E-state index contributed by atoms with van der Waals surface area (Å²) in [5.41, 5.74) is 2.72. The molecule has 4 rings (SSSR count). The van der Waals surface area contributed by atoms with Crippen LogP contribution < -0.4 is 0 Å². The van der Waals surface area contributed by atoms with E-state index < -0.39 is 0 Å². The standard InChI is InChI=1S/C17H12ClN3O/c18-17-19-15(14-7-4-10-22-14)13-8-9-21(16(13)20-17)11-12-5-2-1-3-6-12/h1-10H,11H2. The highest BCUT2D eigenvalue weighted by molar-refractivity contribution is 6.28. The third kappa shape index (κ3) is 2.27. The second-order valence-electron chi connectivity index (χ2n) is 4.99. The van der Waals surface area contributed by atoms with Gasteiger partial charge in [-0.3, -0.25) is 0 Å². The molecular formula is C17H12ClN3O. The fraction of sp³-hybridized carbons (Fsp3) is 0.0588. The monoisotopic (exact) mass is 309 g/mol. The summed E-state index contributed by atoms with van der Waals surface area (Å²) in [6.45, 7) is 0.731. The van der Waals surface area contributed by atoms with E-state index in [4.69, 9.17) is 16.0 Å². The van der Waals surface area contributed by atoms with Gasteiger partial charge in [0.05, 0.1) is 6.26 Å². The molecule has 4 nitrogen and oxygen atoms in total. The second-order valence-corrected chi connectivity index (χ2v) is 5.32. The van der Waals surface area contributed by atoms with E-state index in [-0.39, 0.29) is 5.28 Å². The molecule has 0 aliphatic carbocycles. The Bertz CT molecular complexity index is 914. The summed E-state index contributed by atoms with van der Waals surface area (Å²) in [5.74, 6) is 0.687. The Labute approximate surface area is 132 Å². The van der Waals surface area contributed by atoms with Crippen molar-refractivity contribution >= 4 is 22.6 Å². The largest absolute Gasteiger partial charge is 0.463 e. The van der Waals surface area contributed by atoms with Gasteiger partial charge in [0.2, 0.25) is 5.28 Å².